The summed E-state index contributed by atoms with van der Waals surface area (Å²) in [6.07, 6.45) is 8.91. The second kappa shape index (κ2) is 15.5. The average molecular weight is 669 g/mol. The van der Waals surface area contributed by atoms with Crippen LogP contribution in [0.2, 0.25) is 0 Å². The van der Waals surface area contributed by atoms with Gasteiger partial charge in [0.1, 0.15) is 6.61 Å². The Balaban J connectivity index is 1.06. The van der Waals surface area contributed by atoms with Gasteiger partial charge >= 0.3 is 6.03 Å². The maximum absolute atomic E-state index is 13.7. The summed E-state index contributed by atoms with van der Waals surface area (Å²) in [5, 5.41) is 17.7. The molecule has 1 aromatic heterocycles. The molecule has 2 aliphatic heterocycles. The van der Waals surface area contributed by atoms with Crippen molar-refractivity contribution in [1.82, 2.24) is 25.7 Å². The number of urea groups is 1. The number of aromatic nitrogens is 2. The first-order valence-corrected chi connectivity index (χ1v) is 18.5. The maximum atomic E-state index is 13.7. The molecule has 264 valence electrons. The number of fused-ring (bicyclic) bond motifs is 2. The minimum absolute atomic E-state index is 0.0319. The van der Waals surface area contributed by atoms with E-state index >= 15 is 0 Å². The number of benzene rings is 2. The first kappa shape index (κ1) is 35.1. The molecule has 3 aliphatic rings. The molecule has 9 heteroatoms. The maximum Gasteiger partial charge on any atom is 0.319 e. The van der Waals surface area contributed by atoms with Crippen molar-refractivity contribution in [2.45, 2.75) is 104 Å². The summed E-state index contributed by atoms with van der Waals surface area (Å²) >= 11 is 0. The van der Waals surface area contributed by atoms with E-state index in [2.05, 4.69) is 82.2 Å². The van der Waals surface area contributed by atoms with Crippen molar-refractivity contribution in [2.24, 2.45) is 11.3 Å². The van der Waals surface area contributed by atoms with E-state index in [-0.39, 0.29) is 24.0 Å². The van der Waals surface area contributed by atoms with Crippen LogP contribution in [-0.2, 0) is 11.2 Å². The van der Waals surface area contributed by atoms with Gasteiger partial charge in [-0.25, -0.2) is 4.79 Å². The fraction of sp³-hybridized carbons (Fsp3) is 0.575. The summed E-state index contributed by atoms with van der Waals surface area (Å²) in [5.74, 6) is 1.46. The standard InChI is InChI=1S/C40H56N6O3/c1-26-21-27(2)23-31(22-26)35-34(38(45-44-35)49-25-40(4,5)37(47)36-30-16-19-46(36)20-17-30)28(3)24-41-18-15-29-11-13-33(14-12-29)43-39(48)42-32-9-7-6-8-10-32/h11-14,21-23,28,30,32,36,41H,6-10,15-20,24-25H2,1-5H3,(H,44,45)(H2,42,43,48)/t28-,36?/m1/s1. The minimum atomic E-state index is -0.613. The van der Waals surface area contributed by atoms with Crippen LogP contribution in [0.1, 0.15) is 93.9 Å². The smallest absolute Gasteiger partial charge is 0.319 e. The van der Waals surface area contributed by atoms with Crippen molar-refractivity contribution in [3.8, 4) is 17.1 Å². The lowest BCUT2D eigenvalue weighted by atomic mass is 9.81. The Hall–Kier alpha value is -3.69. The number of rotatable bonds is 14. The van der Waals surface area contributed by atoms with Gasteiger partial charge in [-0.3, -0.25) is 14.8 Å². The van der Waals surface area contributed by atoms with Gasteiger partial charge in [0.15, 0.2) is 5.78 Å². The van der Waals surface area contributed by atoms with E-state index in [1.54, 1.807) is 0 Å². The van der Waals surface area contributed by atoms with E-state index in [0.717, 1.165) is 80.8 Å². The number of nitrogens with zero attached hydrogens (tertiary/aromatic N) is 2. The van der Waals surface area contributed by atoms with Crippen LogP contribution in [0, 0.1) is 25.2 Å². The normalized spacial score (nSPS) is 21.4. The Morgan fingerprint density at radius 1 is 1.00 bits per heavy atom. The number of Topliss-reactive ketones (excluding diaryl/α,β-unsaturated/α-hetero) is 1. The molecule has 9 nitrogen and oxygen atoms in total. The second-order valence-corrected chi connectivity index (χ2v) is 15.5. The lowest BCUT2D eigenvalue weighted by Gasteiger charge is -2.29. The number of carbonyl (C=O) groups excluding carboxylic acids is 2. The molecule has 3 aromatic rings. The molecular formula is C40H56N6O3. The van der Waals surface area contributed by atoms with Crippen LogP contribution in [-0.4, -0.2) is 71.8 Å². The molecule has 49 heavy (non-hydrogen) atoms. The minimum Gasteiger partial charge on any atom is -0.475 e. The molecule has 4 N–H and O–H groups in total. The highest BCUT2D eigenvalue weighted by Gasteiger charge is 2.48. The monoisotopic (exact) mass is 668 g/mol. The zero-order valence-corrected chi connectivity index (χ0v) is 30.2. The number of ether oxygens (including phenoxy) is 1. The molecule has 1 saturated carbocycles. The summed E-state index contributed by atoms with van der Waals surface area (Å²) < 4.78 is 6.47. The summed E-state index contributed by atoms with van der Waals surface area (Å²) in [6.45, 7) is 14.4. The number of carbonyl (C=O) groups is 2. The molecule has 0 radical (unpaired) electrons. The highest BCUT2D eigenvalue weighted by Crippen LogP contribution is 2.40. The van der Waals surface area contributed by atoms with E-state index in [0.29, 0.717) is 24.2 Å². The van der Waals surface area contributed by atoms with Crippen molar-refractivity contribution in [3.63, 3.8) is 0 Å². The van der Waals surface area contributed by atoms with Gasteiger partial charge in [-0.2, -0.15) is 0 Å². The number of ketones is 1. The highest BCUT2D eigenvalue weighted by atomic mass is 16.5. The number of H-pyrrole nitrogens is 1. The number of nitrogens with one attached hydrogen (secondary N) is 4. The van der Waals surface area contributed by atoms with Crippen LogP contribution in [0.25, 0.3) is 11.3 Å². The Morgan fingerprint density at radius 2 is 1.69 bits per heavy atom. The third kappa shape index (κ3) is 8.55. The van der Waals surface area contributed by atoms with Gasteiger partial charge in [-0.1, -0.05) is 55.5 Å². The van der Waals surface area contributed by atoms with Gasteiger partial charge in [-0.05, 0) is 115 Å². The molecule has 1 unspecified atom stereocenters. The number of aryl methyl sites for hydroxylation is 2. The van der Waals surface area contributed by atoms with Crippen molar-refractivity contribution in [2.75, 3.05) is 38.1 Å². The van der Waals surface area contributed by atoms with E-state index in [4.69, 9.17) is 4.74 Å². The molecule has 1 aliphatic carbocycles. The van der Waals surface area contributed by atoms with Gasteiger partial charge in [0.2, 0.25) is 5.88 Å². The fourth-order valence-electron chi connectivity index (χ4n) is 8.16. The third-order valence-corrected chi connectivity index (χ3v) is 10.9. The SMILES string of the molecule is Cc1cc(C)cc(-c2[nH]nc(OCC(C)(C)C(=O)C3C4CCN3CC4)c2[C@H](C)CNCCc2ccc(NC(=O)NC3CCCCC3)cc2)c1. The van der Waals surface area contributed by atoms with Crippen molar-refractivity contribution in [1.29, 1.82) is 0 Å². The van der Waals surface area contributed by atoms with Gasteiger partial charge in [0, 0.05) is 35.3 Å². The van der Waals surface area contributed by atoms with Crippen molar-refractivity contribution in [3.05, 3.63) is 64.7 Å². The van der Waals surface area contributed by atoms with Gasteiger partial charge in [-0.15, -0.1) is 5.10 Å². The molecule has 6 rings (SSSR count). The molecule has 2 aromatic carbocycles. The van der Waals surface area contributed by atoms with E-state index in [1.807, 2.05) is 26.0 Å². The van der Waals surface area contributed by atoms with Gasteiger partial charge < -0.3 is 20.7 Å². The molecule has 3 fully saturated rings. The Morgan fingerprint density at radius 3 is 2.35 bits per heavy atom. The summed E-state index contributed by atoms with van der Waals surface area (Å²) in [5.41, 5.74) is 6.89. The lowest BCUT2D eigenvalue weighted by Crippen LogP contribution is -2.44. The fourth-order valence-corrected chi connectivity index (χ4v) is 8.16. The number of aromatic amines is 1. The van der Waals surface area contributed by atoms with Crippen LogP contribution < -0.4 is 20.7 Å². The number of hydrogen-bond donors (Lipinski definition) is 4. The topological polar surface area (TPSA) is 111 Å². The predicted molar refractivity (Wildman–Crippen MR) is 196 cm³/mol. The van der Waals surface area contributed by atoms with E-state index < -0.39 is 5.41 Å². The van der Waals surface area contributed by atoms with Crippen LogP contribution in [0.4, 0.5) is 10.5 Å². The number of anilines is 1. The largest absolute Gasteiger partial charge is 0.475 e. The Bertz CT molecular complexity index is 1550. The summed E-state index contributed by atoms with van der Waals surface area (Å²) in [6, 6.07) is 14.9. The zero-order valence-electron chi connectivity index (χ0n) is 30.2. The second-order valence-electron chi connectivity index (χ2n) is 15.5. The zero-order chi connectivity index (χ0) is 34.5. The van der Waals surface area contributed by atoms with Crippen molar-refractivity contribution < 1.29 is 14.3 Å². The quantitative estimate of drug-likeness (QED) is 0.136. The van der Waals surface area contributed by atoms with E-state index in [1.165, 1.54) is 36.0 Å². The van der Waals surface area contributed by atoms with E-state index in [9.17, 15) is 9.59 Å². The Kier molecular flexibility index (Phi) is 11.1. The summed E-state index contributed by atoms with van der Waals surface area (Å²) in [4.78, 5) is 28.5. The molecule has 2 atom stereocenters. The van der Waals surface area contributed by atoms with Crippen LogP contribution in [0.15, 0.2) is 42.5 Å². The molecule has 2 saturated heterocycles. The summed E-state index contributed by atoms with van der Waals surface area (Å²) in [7, 11) is 0. The van der Waals surface area contributed by atoms with Crippen molar-refractivity contribution >= 4 is 17.5 Å². The predicted octanol–water partition coefficient (Wildman–Crippen LogP) is 7.15. The van der Waals surface area contributed by atoms with Crippen LogP contribution in [0.5, 0.6) is 5.88 Å². The molecule has 3 heterocycles. The molecule has 2 bridgehead atoms. The first-order chi connectivity index (χ1) is 23.6. The molecular weight excluding hydrogens is 612 g/mol. The lowest BCUT2D eigenvalue weighted by molar-refractivity contribution is -0.133. The third-order valence-electron chi connectivity index (χ3n) is 10.9. The van der Waals surface area contributed by atoms with Gasteiger partial charge in [0.05, 0.1) is 17.2 Å². The van der Waals surface area contributed by atoms with Gasteiger partial charge in [0.25, 0.3) is 0 Å². The number of piperidine rings is 1. The average Bonchev–Trinajstić information content (AvgIpc) is 3.81. The number of amides is 2. The molecule has 0 spiro atoms. The number of hydrogen-bond acceptors (Lipinski definition) is 6. The van der Waals surface area contributed by atoms with Crippen LogP contribution in [0.3, 0.4) is 0 Å². The Labute approximate surface area is 292 Å². The first-order valence-electron chi connectivity index (χ1n) is 18.5. The van der Waals surface area contributed by atoms with Crippen LogP contribution >= 0.6 is 0 Å². The highest BCUT2D eigenvalue weighted by molar-refractivity contribution is 5.90. The molecule has 2 amide bonds.